The third kappa shape index (κ3) is 4.12. The maximum Gasteiger partial charge on any atom is 0.143 e. The number of para-hydroxylation sites is 2. The van der Waals surface area contributed by atoms with E-state index >= 15 is 0 Å². The van der Waals surface area contributed by atoms with E-state index in [2.05, 4.69) is 15.0 Å². The lowest BCUT2D eigenvalue weighted by Gasteiger charge is -2.14. The van der Waals surface area contributed by atoms with Gasteiger partial charge >= 0.3 is 0 Å². The molecule has 21 heavy (non-hydrogen) atoms. The van der Waals surface area contributed by atoms with Gasteiger partial charge in [-0.1, -0.05) is 18.2 Å². The molecule has 0 spiro atoms. The van der Waals surface area contributed by atoms with Crippen molar-refractivity contribution in [2.24, 2.45) is 5.92 Å². The Hall–Kier alpha value is -1.72. The molecule has 2 heterocycles. The van der Waals surface area contributed by atoms with E-state index in [0.717, 1.165) is 36.2 Å². The maximum atomic E-state index is 5.97. The molecule has 0 radical (unpaired) electrons. The van der Waals surface area contributed by atoms with Gasteiger partial charge in [0.15, 0.2) is 0 Å². The number of benzene rings is 1. The van der Waals surface area contributed by atoms with E-state index in [9.17, 15) is 0 Å². The van der Waals surface area contributed by atoms with E-state index in [4.69, 9.17) is 4.74 Å². The number of anilines is 1. The average molecular weight is 301 g/mol. The SMILES string of the molecule is c1ccc(SNc2ccccc2OCC2CCNC2)nc1. The highest BCUT2D eigenvalue weighted by Crippen LogP contribution is 2.29. The maximum absolute atomic E-state index is 5.97. The van der Waals surface area contributed by atoms with E-state index in [1.165, 1.54) is 18.4 Å². The molecule has 4 nitrogen and oxygen atoms in total. The Morgan fingerprint density at radius 1 is 1.24 bits per heavy atom. The first-order valence-corrected chi connectivity index (χ1v) is 8.00. The van der Waals surface area contributed by atoms with Crippen LogP contribution in [0, 0.1) is 5.92 Å². The molecule has 2 aromatic rings. The zero-order valence-electron chi connectivity index (χ0n) is 11.8. The number of ether oxygens (including phenoxy) is 1. The van der Waals surface area contributed by atoms with Crippen LogP contribution in [-0.2, 0) is 0 Å². The molecule has 1 aromatic heterocycles. The van der Waals surface area contributed by atoms with Crippen molar-refractivity contribution in [3.05, 3.63) is 48.7 Å². The van der Waals surface area contributed by atoms with Crippen molar-refractivity contribution in [1.82, 2.24) is 10.3 Å². The van der Waals surface area contributed by atoms with Gasteiger partial charge in [0.2, 0.25) is 0 Å². The molecular formula is C16H19N3OS. The lowest BCUT2D eigenvalue weighted by Crippen LogP contribution is -2.15. The highest BCUT2D eigenvalue weighted by molar-refractivity contribution is 8.00. The molecule has 0 bridgehead atoms. The van der Waals surface area contributed by atoms with Crippen LogP contribution in [0.2, 0.25) is 0 Å². The van der Waals surface area contributed by atoms with E-state index in [-0.39, 0.29) is 0 Å². The van der Waals surface area contributed by atoms with Gasteiger partial charge in [0.1, 0.15) is 10.8 Å². The molecule has 2 N–H and O–H groups in total. The molecule has 1 aliphatic heterocycles. The van der Waals surface area contributed by atoms with Gasteiger partial charge in [-0.2, -0.15) is 0 Å². The van der Waals surface area contributed by atoms with Gasteiger partial charge in [0, 0.05) is 30.6 Å². The fraction of sp³-hybridized carbons (Fsp3) is 0.312. The van der Waals surface area contributed by atoms with Gasteiger partial charge in [0.05, 0.1) is 12.3 Å². The molecule has 1 aliphatic rings. The van der Waals surface area contributed by atoms with Gasteiger partial charge in [-0.3, -0.25) is 0 Å². The van der Waals surface area contributed by atoms with Crippen molar-refractivity contribution < 1.29 is 4.74 Å². The Bertz CT molecular complexity index is 558. The fourth-order valence-corrected chi connectivity index (χ4v) is 2.90. The summed E-state index contributed by atoms with van der Waals surface area (Å²) < 4.78 is 9.29. The number of aromatic nitrogens is 1. The zero-order valence-corrected chi connectivity index (χ0v) is 12.6. The Labute approximate surface area is 129 Å². The van der Waals surface area contributed by atoms with Crippen LogP contribution in [0.25, 0.3) is 0 Å². The number of pyridine rings is 1. The molecular weight excluding hydrogens is 282 g/mol. The highest BCUT2D eigenvalue weighted by Gasteiger charge is 2.15. The molecule has 1 fully saturated rings. The highest BCUT2D eigenvalue weighted by atomic mass is 32.2. The quantitative estimate of drug-likeness (QED) is 0.802. The Kier molecular flexibility index (Phi) is 4.97. The van der Waals surface area contributed by atoms with E-state index in [1.54, 1.807) is 6.20 Å². The molecule has 110 valence electrons. The summed E-state index contributed by atoms with van der Waals surface area (Å²) in [6, 6.07) is 13.9. The number of nitrogens with one attached hydrogen (secondary N) is 2. The van der Waals surface area contributed by atoms with Crippen molar-refractivity contribution in [2.75, 3.05) is 24.4 Å². The zero-order chi connectivity index (χ0) is 14.3. The number of hydrogen-bond acceptors (Lipinski definition) is 5. The van der Waals surface area contributed by atoms with Gasteiger partial charge in [-0.05, 0) is 37.2 Å². The van der Waals surface area contributed by atoms with Crippen molar-refractivity contribution in [3.63, 3.8) is 0 Å². The number of rotatable bonds is 6. The first-order valence-electron chi connectivity index (χ1n) is 7.18. The Morgan fingerprint density at radius 2 is 2.14 bits per heavy atom. The van der Waals surface area contributed by atoms with Crippen LogP contribution in [0.15, 0.2) is 53.7 Å². The topological polar surface area (TPSA) is 46.2 Å². The minimum atomic E-state index is 0.612. The smallest absolute Gasteiger partial charge is 0.143 e. The summed E-state index contributed by atoms with van der Waals surface area (Å²) in [5.41, 5.74) is 0.985. The van der Waals surface area contributed by atoms with E-state index in [0.29, 0.717) is 5.92 Å². The van der Waals surface area contributed by atoms with Gasteiger partial charge in [0.25, 0.3) is 0 Å². The summed E-state index contributed by atoms with van der Waals surface area (Å²) in [5.74, 6) is 1.51. The average Bonchev–Trinajstić information content (AvgIpc) is 3.06. The summed E-state index contributed by atoms with van der Waals surface area (Å²) >= 11 is 1.49. The number of nitrogens with zero attached hydrogens (tertiary/aromatic N) is 1. The van der Waals surface area contributed by atoms with Crippen LogP contribution in [0.4, 0.5) is 5.69 Å². The minimum absolute atomic E-state index is 0.612. The third-order valence-electron chi connectivity index (χ3n) is 3.43. The fourth-order valence-electron chi connectivity index (χ4n) is 2.26. The summed E-state index contributed by atoms with van der Waals surface area (Å²) in [4.78, 5) is 4.28. The third-order valence-corrected chi connectivity index (χ3v) is 4.20. The second kappa shape index (κ2) is 7.33. The molecule has 0 saturated carbocycles. The molecule has 1 unspecified atom stereocenters. The predicted octanol–water partition coefficient (Wildman–Crippen LogP) is 3.19. The van der Waals surface area contributed by atoms with Gasteiger partial charge < -0.3 is 14.8 Å². The molecule has 1 aromatic carbocycles. The lowest BCUT2D eigenvalue weighted by atomic mass is 10.1. The number of hydrogen-bond donors (Lipinski definition) is 2. The normalized spacial score (nSPS) is 17.6. The molecule has 5 heteroatoms. The predicted molar refractivity (Wildman–Crippen MR) is 86.6 cm³/mol. The molecule has 0 amide bonds. The van der Waals surface area contributed by atoms with E-state index < -0.39 is 0 Å². The van der Waals surface area contributed by atoms with Crippen molar-refractivity contribution in [1.29, 1.82) is 0 Å². The van der Waals surface area contributed by atoms with Crippen molar-refractivity contribution in [3.8, 4) is 5.75 Å². The molecule has 0 aliphatic carbocycles. The molecule has 3 rings (SSSR count). The monoisotopic (exact) mass is 301 g/mol. The van der Waals surface area contributed by atoms with Crippen molar-refractivity contribution in [2.45, 2.75) is 11.4 Å². The van der Waals surface area contributed by atoms with Gasteiger partial charge in [-0.15, -0.1) is 0 Å². The second-order valence-corrected chi connectivity index (χ2v) is 5.86. The van der Waals surface area contributed by atoms with Crippen LogP contribution in [0.3, 0.4) is 0 Å². The lowest BCUT2D eigenvalue weighted by molar-refractivity contribution is 0.261. The molecule has 1 atom stereocenters. The van der Waals surface area contributed by atoms with Crippen LogP contribution >= 0.6 is 11.9 Å². The van der Waals surface area contributed by atoms with Gasteiger partial charge in [-0.25, -0.2) is 4.98 Å². The summed E-state index contributed by atoms with van der Waals surface area (Å²) in [7, 11) is 0. The first kappa shape index (κ1) is 14.2. The Balaban J connectivity index is 1.59. The van der Waals surface area contributed by atoms with Crippen LogP contribution in [0.5, 0.6) is 5.75 Å². The first-order chi connectivity index (χ1) is 10.4. The molecule has 1 saturated heterocycles. The van der Waals surface area contributed by atoms with Crippen LogP contribution in [-0.4, -0.2) is 24.7 Å². The van der Waals surface area contributed by atoms with Crippen LogP contribution in [0.1, 0.15) is 6.42 Å². The largest absolute Gasteiger partial charge is 0.491 e. The summed E-state index contributed by atoms with van der Waals surface area (Å²) in [6.45, 7) is 2.92. The van der Waals surface area contributed by atoms with Crippen LogP contribution < -0.4 is 14.8 Å². The standard InChI is InChI=1S/C16H19N3OS/c1-2-6-15(20-12-13-8-10-17-11-13)14(5-1)19-21-16-7-3-4-9-18-16/h1-7,9,13,17,19H,8,10-12H2. The minimum Gasteiger partial charge on any atom is -0.491 e. The van der Waals surface area contributed by atoms with E-state index in [1.807, 2.05) is 42.5 Å². The summed E-state index contributed by atoms with van der Waals surface area (Å²) in [5, 5.41) is 4.30. The van der Waals surface area contributed by atoms with Crippen molar-refractivity contribution >= 4 is 17.6 Å². The second-order valence-electron chi connectivity index (χ2n) is 5.04. The Morgan fingerprint density at radius 3 is 2.95 bits per heavy atom. The summed E-state index contributed by atoms with van der Waals surface area (Å²) in [6.07, 6.45) is 2.98.